The summed E-state index contributed by atoms with van der Waals surface area (Å²) in [7, 11) is 3.05. The second kappa shape index (κ2) is 15.0. The molecule has 0 spiro atoms. The van der Waals surface area contributed by atoms with Crippen LogP contribution in [0.3, 0.4) is 0 Å². The number of methoxy groups -OCH3 is 2. The average Bonchev–Trinajstić information content (AvgIpc) is 3.42. The number of aryl methyl sites for hydroxylation is 1. The summed E-state index contributed by atoms with van der Waals surface area (Å²) in [4.78, 5) is 13.3. The summed E-state index contributed by atoms with van der Waals surface area (Å²) in [6.07, 6.45) is 1.78. The van der Waals surface area contributed by atoms with Gasteiger partial charge in [0.15, 0.2) is 35.1 Å². The van der Waals surface area contributed by atoms with Crippen molar-refractivity contribution < 1.29 is 39.1 Å². The molecule has 4 aromatic rings. The minimum Gasteiger partial charge on any atom is -0.508 e. The second-order valence-electron chi connectivity index (χ2n) is 11.5. The number of rotatable bonds is 14. The van der Waals surface area contributed by atoms with Crippen molar-refractivity contribution in [3.05, 3.63) is 113 Å². The fourth-order valence-corrected chi connectivity index (χ4v) is 5.93. The van der Waals surface area contributed by atoms with Gasteiger partial charge in [0.2, 0.25) is 0 Å². The molecule has 3 N–H and O–H groups in total. The highest BCUT2D eigenvalue weighted by atomic mass is 16.7. The molecule has 236 valence electrons. The molecule has 1 aliphatic heterocycles. The largest absolute Gasteiger partial charge is 0.508 e. The third-order valence-electron chi connectivity index (χ3n) is 8.41. The second-order valence-corrected chi connectivity index (χ2v) is 11.5. The maximum absolute atomic E-state index is 13.3. The molecular formula is C37H40O8. The SMILES string of the molecule is COc1cc(C[C@H]2CO[C@@H](O[C@@H](CCc3ccccc3)CC(=O)c3ccc(O)cc3)[C@H]2Cc2ccc(O)c(OC)c2)ccc1O. The first-order valence-electron chi connectivity index (χ1n) is 15.2. The van der Waals surface area contributed by atoms with Gasteiger partial charge in [-0.2, -0.15) is 0 Å². The van der Waals surface area contributed by atoms with Crippen molar-refractivity contribution in [1.29, 1.82) is 0 Å². The van der Waals surface area contributed by atoms with Crippen molar-refractivity contribution in [3.63, 3.8) is 0 Å². The lowest BCUT2D eigenvalue weighted by Crippen LogP contribution is -2.32. The summed E-state index contributed by atoms with van der Waals surface area (Å²) in [5.41, 5.74) is 3.63. The van der Waals surface area contributed by atoms with E-state index in [2.05, 4.69) is 12.1 Å². The van der Waals surface area contributed by atoms with Crippen molar-refractivity contribution >= 4 is 5.78 Å². The Morgan fingerprint density at radius 2 is 1.42 bits per heavy atom. The normalized spacial score (nSPS) is 18.4. The van der Waals surface area contributed by atoms with Crippen molar-refractivity contribution in [2.24, 2.45) is 11.8 Å². The van der Waals surface area contributed by atoms with Crippen molar-refractivity contribution in [1.82, 2.24) is 0 Å². The molecule has 5 rings (SSSR count). The van der Waals surface area contributed by atoms with Crippen LogP contribution in [-0.4, -0.2) is 54.3 Å². The fraction of sp³-hybridized carbons (Fsp3) is 0.324. The van der Waals surface area contributed by atoms with Crippen LogP contribution in [0, 0.1) is 11.8 Å². The zero-order valence-electron chi connectivity index (χ0n) is 25.6. The van der Waals surface area contributed by atoms with Crippen molar-refractivity contribution in [2.75, 3.05) is 20.8 Å². The number of aromatic hydroxyl groups is 3. The van der Waals surface area contributed by atoms with Gasteiger partial charge in [-0.3, -0.25) is 4.79 Å². The summed E-state index contributed by atoms with van der Waals surface area (Å²) in [5.74, 6) is 0.966. The molecule has 0 aliphatic carbocycles. The van der Waals surface area contributed by atoms with E-state index in [-0.39, 0.29) is 41.3 Å². The molecule has 45 heavy (non-hydrogen) atoms. The Morgan fingerprint density at radius 3 is 2.04 bits per heavy atom. The Hall–Kier alpha value is -4.53. The lowest BCUT2D eigenvalue weighted by molar-refractivity contribution is -0.162. The van der Waals surface area contributed by atoms with Gasteiger partial charge in [-0.15, -0.1) is 0 Å². The first-order valence-corrected chi connectivity index (χ1v) is 15.2. The highest BCUT2D eigenvalue weighted by Crippen LogP contribution is 2.38. The third kappa shape index (κ3) is 8.35. The van der Waals surface area contributed by atoms with Gasteiger partial charge in [-0.1, -0.05) is 42.5 Å². The van der Waals surface area contributed by atoms with E-state index in [1.54, 1.807) is 24.3 Å². The van der Waals surface area contributed by atoms with Gasteiger partial charge >= 0.3 is 0 Å². The molecule has 0 amide bonds. The molecule has 1 saturated heterocycles. The van der Waals surface area contributed by atoms with E-state index in [1.165, 1.54) is 26.4 Å². The van der Waals surface area contributed by atoms with Crippen LogP contribution in [-0.2, 0) is 28.7 Å². The summed E-state index contributed by atoms with van der Waals surface area (Å²) in [6, 6.07) is 27.0. The van der Waals surface area contributed by atoms with Gasteiger partial charge in [0.25, 0.3) is 0 Å². The van der Waals surface area contributed by atoms with Gasteiger partial charge in [-0.05, 0) is 96.8 Å². The monoisotopic (exact) mass is 612 g/mol. The number of phenols is 3. The Labute approximate surface area is 263 Å². The fourth-order valence-electron chi connectivity index (χ4n) is 5.93. The van der Waals surface area contributed by atoms with Crippen LogP contribution in [0.2, 0.25) is 0 Å². The summed E-state index contributed by atoms with van der Waals surface area (Å²) in [6.45, 7) is 0.449. The summed E-state index contributed by atoms with van der Waals surface area (Å²) in [5, 5.41) is 30.0. The highest BCUT2D eigenvalue weighted by Gasteiger charge is 2.40. The van der Waals surface area contributed by atoms with Crippen LogP contribution in [0.1, 0.15) is 39.9 Å². The predicted molar refractivity (Wildman–Crippen MR) is 170 cm³/mol. The van der Waals surface area contributed by atoms with E-state index in [4.69, 9.17) is 18.9 Å². The zero-order valence-corrected chi connectivity index (χ0v) is 25.6. The van der Waals surface area contributed by atoms with Gasteiger partial charge in [0.05, 0.1) is 26.9 Å². The lowest BCUT2D eigenvalue weighted by atomic mass is 9.84. The quantitative estimate of drug-likeness (QED) is 0.139. The number of carbonyl (C=O) groups is 1. The van der Waals surface area contributed by atoms with Crippen LogP contribution >= 0.6 is 0 Å². The minimum absolute atomic E-state index is 0.0617. The number of hydrogen-bond acceptors (Lipinski definition) is 8. The third-order valence-corrected chi connectivity index (χ3v) is 8.41. The predicted octanol–water partition coefficient (Wildman–Crippen LogP) is 6.49. The molecule has 1 heterocycles. The lowest BCUT2D eigenvalue weighted by Gasteiger charge is -2.28. The Bertz CT molecular complexity index is 1550. The first-order chi connectivity index (χ1) is 21.8. The van der Waals surface area contributed by atoms with Gasteiger partial charge in [0.1, 0.15) is 5.75 Å². The number of benzene rings is 4. The smallest absolute Gasteiger partial charge is 0.165 e. The van der Waals surface area contributed by atoms with E-state index in [9.17, 15) is 20.1 Å². The first kappa shape index (κ1) is 31.9. The van der Waals surface area contributed by atoms with Crippen LogP contribution in [0.5, 0.6) is 28.7 Å². The number of ether oxygens (including phenoxy) is 4. The number of hydrogen-bond donors (Lipinski definition) is 3. The number of carbonyl (C=O) groups excluding carboxylic acids is 1. The Kier molecular flexibility index (Phi) is 10.6. The molecule has 0 bridgehead atoms. The molecule has 0 radical (unpaired) electrons. The maximum Gasteiger partial charge on any atom is 0.165 e. The Morgan fingerprint density at radius 1 is 0.800 bits per heavy atom. The molecule has 1 fully saturated rings. The average molecular weight is 613 g/mol. The number of Topliss-reactive ketones (excluding diaryl/α,β-unsaturated/α-hetero) is 1. The minimum atomic E-state index is -0.581. The van der Waals surface area contributed by atoms with E-state index in [0.29, 0.717) is 42.9 Å². The number of phenolic OH excluding ortho intramolecular Hbond substituents is 3. The molecule has 4 atom stereocenters. The molecule has 4 aromatic carbocycles. The van der Waals surface area contributed by atoms with E-state index in [1.807, 2.05) is 42.5 Å². The summed E-state index contributed by atoms with van der Waals surface area (Å²) >= 11 is 0. The molecule has 1 aliphatic rings. The van der Waals surface area contributed by atoms with E-state index in [0.717, 1.165) is 23.1 Å². The molecule has 8 heteroatoms. The Balaban J connectivity index is 1.39. The van der Waals surface area contributed by atoms with Gasteiger partial charge in [0, 0.05) is 17.9 Å². The topological polar surface area (TPSA) is 115 Å². The molecule has 0 saturated carbocycles. The van der Waals surface area contributed by atoms with Gasteiger partial charge < -0.3 is 34.3 Å². The van der Waals surface area contributed by atoms with E-state index >= 15 is 0 Å². The maximum atomic E-state index is 13.3. The van der Waals surface area contributed by atoms with Crippen LogP contribution in [0.15, 0.2) is 91.0 Å². The van der Waals surface area contributed by atoms with Crippen molar-refractivity contribution in [2.45, 2.75) is 44.5 Å². The molecule has 0 aromatic heterocycles. The highest BCUT2D eigenvalue weighted by molar-refractivity contribution is 5.96. The molecule has 8 nitrogen and oxygen atoms in total. The number of ketones is 1. The standard InChI is InChI=1S/C37H40O8/c1-42-35-20-25(9-16-32(35)39)18-28-23-44-37(31(28)19-26-10-17-33(40)36(21-26)43-2)45-30(15-8-24-6-4-3-5-7-24)22-34(41)27-11-13-29(38)14-12-27/h3-7,9-14,16-17,20-21,28,30-31,37-40H,8,15,18-19,22-23H2,1-2H3/t28-,30-,31-,37-/m0/s1. The zero-order chi connectivity index (χ0) is 31.8. The van der Waals surface area contributed by atoms with Gasteiger partial charge in [-0.25, -0.2) is 0 Å². The van der Waals surface area contributed by atoms with E-state index < -0.39 is 12.4 Å². The van der Waals surface area contributed by atoms with Crippen molar-refractivity contribution in [3.8, 4) is 28.7 Å². The molecular weight excluding hydrogens is 572 g/mol. The van der Waals surface area contributed by atoms with Crippen LogP contribution < -0.4 is 9.47 Å². The summed E-state index contributed by atoms with van der Waals surface area (Å²) < 4.78 is 23.8. The molecule has 0 unspecified atom stereocenters. The van der Waals surface area contributed by atoms with Crippen LogP contribution in [0.25, 0.3) is 0 Å². The van der Waals surface area contributed by atoms with Crippen LogP contribution in [0.4, 0.5) is 0 Å².